The van der Waals surface area contributed by atoms with E-state index in [9.17, 15) is 9.18 Å². The van der Waals surface area contributed by atoms with Crippen LogP contribution >= 0.6 is 12.4 Å². The Labute approximate surface area is 126 Å². The Kier molecular flexibility index (Phi) is 7.76. The highest BCUT2D eigenvalue weighted by Crippen LogP contribution is 2.22. The summed E-state index contributed by atoms with van der Waals surface area (Å²) in [6.07, 6.45) is 1.10. The van der Waals surface area contributed by atoms with Crippen molar-refractivity contribution in [2.24, 2.45) is 5.73 Å². The van der Waals surface area contributed by atoms with Crippen LogP contribution in [0, 0.1) is 5.82 Å². The summed E-state index contributed by atoms with van der Waals surface area (Å²) in [6.45, 7) is 6.32. The van der Waals surface area contributed by atoms with E-state index in [0.29, 0.717) is 19.4 Å². The van der Waals surface area contributed by atoms with Crippen LogP contribution in [0.1, 0.15) is 39.2 Å². The van der Waals surface area contributed by atoms with Gasteiger partial charge in [0.1, 0.15) is 5.82 Å². The second-order valence-corrected chi connectivity index (χ2v) is 5.69. The number of nitrogens with one attached hydrogen (secondary N) is 1. The molecular weight excluding hydrogens is 279 g/mol. The number of hydrogen-bond acceptors (Lipinski definition) is 2. The molecule has 1 rings (SSSR count). The number of carbonyl (C=O) groups excluding carboxylic acids is 1. The Morgan fingerprint density at radius 2 is 2.10 bits per heavy atom. The zero-order chi connectivity index (χ0) is 14.5. The SMILES string of the molecule is CC(N)CCC(=O)NCC(C)(C)c1cccc(F)c1.Cl. The normalized spacial score (nSPS) is 12.4. The minimum absolute atomic E-state index is 0. The second-order valence-electron chi connectivity index (χ2n) is 5.69. The van der Waals surface area contributed by atoms with Crippen LogP contribution < -0.4 is 11.1 Å². The topological polar surface area (TPSA) is 55.1 Å². The van der Waals surface area contributed by atoms with E-state index in [0.717, 1.165) is 5.56 Å². The number of hydrogen-bond donors (Lipinski definition) is 2. The van der Waals surface area contributed by atoms with Crippen LogP contribution in [0.5, 0.6) is 0 Å². The Morgan fingerprint density at radius 3 is 2.65 bits per heavy atom. The number of halogens is 2. The molecule has 0 spiro atoms. The minimum atomic E-state index is -0.300. The van der Waals surface area contributed by atoms with Gasteiger partial charge in [-0.3, -0.25) is 4.79 Å². The maximum atomic E-state index is 13.2. The van der Waals surface area contributed by atoms with Gasteiger partial charge in [0.2, 0.25) is 5.91 Å². The van der Waals surface area contributed by atoms with Gasteiger partial charge < -0.3 is 11.1 Å². The van der Waals surface area contributed by atoms with Crippen LogP contribution in [-0.2, 0) is 10.2 Å². The van der Waals surface area contributed by atoms with Crippen molar-refractivity contribution in [1.82, 2.24) is 5.32 Å². The van der Waals surface area contributed by atoms with Gasteiger partial charge in [-0.2, -0.15) is 0 Å². The summed E-state index contributed by atoms with van der Waals surface area (Å²) in [4.78, 5) is 11.7. The Bertz CT molecular complexity index is 436. The van der Waals surface area contributed by atoms with Crippen molar-refractivity contribution in [3.8, 4) is 0 Å². The molecule has 1 unspecified atom stereocenters. The van der Waals surface area contributed by atoms with Crippen LogP contribution in [-0.4, -0.2) is 18.5 Å². The molecule has 0 heterocycles. The maximum absolute atomic E-state index is 13.2. The Hall–Kier alpha value is -1.13. The average Bonchev–Trinajstić information content (AvgIpc) is 2.34. The molecule has 1 atom stereocenters. The van der Waals surface area contributed by atoms with Crippen molar-refractivity contribution in [3.05, 3.63) is 35.6 Å². The van der Waals surface area contributed by atoms with Crippen LogP contribution in [0.3, 0.4) is 0 Å². The first-order valence-electron chi connectivity index (χ1n) is 6.59. The average molecular weight is 303 g/mol. The third-order valence-electron chi connectivity index (χ3n) is 3.16. The molecule has 0 aromatic heterocycles. The molecule has 1 aromatic rings. The van der Waals surface area contributed by atoms with Gasteiger partial charge in [-0.15, -0.1) is 12.4 Å². The lowest BCUT2D eigenvalue weighted by Crippen LogP contribution is -2.37. The summed E-state index contributed by atoms with van der Waals surface area (Å²) in [5.74, 6) is -0.268. The van der Waals surface area contributed by atoms with Gasteiger partial charge in [0.15, 0.2) is 0 Å². The van der Waals surface area contributed by atoms with Crippen LogP contribution in [0.15, 0.2) is 24.3 Å². The summed E-state index contributed by atoms with van der Waals surface area (Å²) >= 11 is 0. The van der Waals surface area contributed by atoms with Crippen molar-refractivity contribution in [1.29, 1.82) is 0 Å². The van der Waals surface area contributed by atoms with E-state index in [1.165, 1.54) is 12.1 Å². The van der Waals surface area contributed by atoms with Crippen molar-refractivity contribution in [2.45, 2.75) is 45.1 Å². The van der Waals surface area contributed by atoms with Crippen molar-refractivity contribution in [3.63, 3.8) is 0 Å². The molecule has 114 valence electrons. The lowest BCUT2D eigenvalue weighted by molar-refractivity contribution is -0.121. The Morgan fingerprint density at radius 1 is 1.45 bits per heavy atom. The smallest absolute Gasteiger partial charge is 0.220 e. The molecular formula is C15H24ClFN2O. The molecule has 0 saturated heterocycles. The van der Waals surface area contributed by atoms with E-state index in [1.54, 1.807) is 6.07 Å². The van der Waals surface area contributed by atoms with Crippen molar-refractivity contribution >= 4 is 18.3 Å². The highest BCUT2D eigenvalue weighted by Gasteiger charge is 2.21. The molecule has 0 aliphatic carbocycles. The van der Waals surface area contributed by atoms with E-state index >= 15 is 0 Å². The molecule has 0 aliphatic heterocycles. The van der Waals surface area contributed by atoms with Gasteiger partial charge >= 0.3 is 0 Å². The van der Waals surface area contributed by atoms with Gasteiger partial charge in [-0.05, 0) is 31.0 Å². The largest absolute Gasteiger partial charge is 0.355 e. The molecule has 1 amide bonds. The summed E-state index contributed by atoms with van der Waals surface area (Å²) in [5.41, 5.74) is 6.18. The predicted molar refractivity (Wildman–Crippen MR) is 82.6 cm³/mol. The van der Waals surface area contributed by atoms with Crippen molar-refractivity contribution in [2.75, 3.05) is 6.54 Å². The van der Waals surface area contributed by atoms with E-state index in [1.807, 2.05) is 26.8 Å². The Balaban J connectivity index is 0.00000361. The molecule has 1 aromatic carbocycles. The summed E-state index contributed by atoms with van der Waals surface area (Å²) < 4.78 is 13.2. The van der Waals surface area contributed by atoms with Gasteiger partial charge in [0, 0.05) is 24.4 Å². The van der Waals surface area contributed by atoms with Crippen LogP contribution in [0.2, 0.25) is 0 Å². The van der Waals surface area contributed by atoms with E-state index in [-0.39, 0.29) is 35.6 Å². The van der Waals surface area contributed by atoms with Gasteiger partial charge in [0.05, 0.1) is 0 Å². The minimum Gasteiger partial charge on any atom is -0.355 e. The monoisotopic (exact) mass is 302 g/mol. The first kappa shape index (κ1) is 18.9. The summed E-state index contributed by atoms with van der Waals surface area (Å²) in [6, 6.07) is 6.51. The summed E-state index contributed by atoms with van der Waals surface area (Å²) in [5, 5.41) is 2.88. The van der Waals surface area contributed by atoms with E-state index in [2.05, 4.69) is 5.32 Å². The number of nitrogens with two attached hydrogens (primary N) is 1. The number of carbonyl (C=O) groups is 1. The maximum Gasteiger partial charge on any atom is 0.220 e. The molecule has 5 heteroatoms. The highest BCUT2D eigenvalue weighted by molar-refractivity contribution is 5.85. The lowest BCUT2D eigenvalue weighted by atomic mass is 9.84. The standard InChI is InChI=1S/C15H23FN2O.ClH/c1-11(17)7-8-14(19)18-10-15(2,3)12-5-4-6-13(16)9-12;/h4-6,9,11H,7-8,10,17H2,1-3H3,(H,18,19);1H. The second kappa shape index (κ2) is 8.22. The molecule has 20 heavy (non-hydrogen) atoms. The first-order valence-corrected chi connectivity index (χ1v) is 6.59. The molecule has 0 aliphatic rings. The van der Waals surface area contributed by atoms with Gasteiger partial charge in [0.25, 0.3) is 0 Å². The van der Waals surface area contributed by atoms with Crippen LogP contribution in [0.25, 0.3) is 0 Å². The highest BCUT2D eigenvalue weighted by atomic mass is 35.5. The lowest BCUT2D eigenvalue weighted by Gasteiger charge is -2.25. The van der Waals surface area contributed by atoms with E-state index < -0.39 is 0 Å². The molecule has 0 bridgehead atoms. The number of amides is 1. The zero-order valence-corrected chi connectivity index (χ0v) is 13.1. The quantitative estimate of drug-likeness (QED) is 0.849. The zero-order valence-electron chi connectivity index (χ0n) is 12.3. The number of benzene rings is 1. The van der Waals surface area contributed by atoms with Crippen molar-refractivity contribution < 1.29 is 9.18 Å². The number of rotatable bonds is 6. The molecule has 0 fully saturated rings. The fraction of sp³-hybridized carbons (Fsp3) is 0.533. The predicted octanol–water partition coefficient (Wildman–Crippen LogP) is 2.77. The van der Waals surface area contributed by atoms with Gasteiger partial charge in [-0.1, -0.05) is 26.0 Å². The van der Waals surface area contributed by atoms with E-state index in [4.69, 9.17) is 5.73 Å². The first-order chi connectivity index (χ1) is 8.81. The fourth-order valence-electron chi connectivity index (χ4n) is 1.78. The molecule has 3 N–H and O–H groups in total. The third kappa shape index (κ3) is 6.35. The molecule has 3 nitrogen and oxygen atoms in total. The molecule has 0 saturated carbocycles. The van der Waals surface area contributed by atoms with Gasteiger partial charge in [-0.25, -0.2) is 4.39 Å². The fourth-order valence-corrected chi connectivity index (χ4v) is 1.78. The summed E-state index contributed by atoms with van der Waals surface area (Å²) in [7, 11) is 0. The third-order valence-corrected chi connectivity index (χ3v) is 3.16. The molecule has 0 radical (unpaired) electrons. The van der Waals surface area contributed by atoms with Crippen LogP contribution in [0.4, 0.5) is 4.39 Å².